The number of benzene rings is 1. The third kappa shape index (κ3) is 4.39. The lowest BCUT2D eigenvalue weighted by Gasteiger charge is -2.05. The molecule has 0 aliphatic rings. The first-order valence-corrected chi connectivity index (χ1v) is 5.75. The highest BCUT2D eigenvalue weighted by molar-refractivity contribution is 6.42. The number of aliphatic hydroxyl groups excluding tert-OH is 1. The maximum atomic E-state index is 11.4. The maximum Gasteiger partial charge on any atom is 0.224 e. The molecule has 0 radical (unpaired) electrons. The first-order valence-electron chi connectivity index (χ1n) is 4.99. The number of amides is 1. The molecule has 5 heteroatoms. The van der Waals surface area contributed by atoms with Crippen molar-refractivity contribution < 1.29 is 9.90 Å². The highest BCUT2D eigenvalue weighted by Crippen LogP contribution is 2.25. The van der Waals surface area contributed by atoms with Gasteiger partial charge in [-0.3, -0.25) is 4.79 Å². The summed E-state index contributed by atoms with van der Waals surface area (Å²) in [5.74, 6) is -0.0909. The molecule has 0 saturated heterocycles. The summed E-state index contributed by atoms with van der Waals surface area (Å²) in [6.07, 6.45) is 1.69. The van der Waals surface area contributed by atoms with E-state index in [1.165, 1.54) is 0 Å². The van der Waals surface area contributed by atoms with Gasteiger partial charge in [0.25, 0.3) is 0 Å². The first-order chi connectivity index (χ1) is 7.63. The van der Waals surface area contributed by atoms with Crippen LogP contribution >= 0.6 is 23.2 Å². The quantitative estimate of drug-likeness (QED) is 0.801. The number of anilines is 1. The van der Waals surface area contributed by atoms with Gasteiger partial charge < -0.3 is 10.4 Å². The van der Waals surface area contributed by atoms with E-state index >= 15 is 0 Å². The summed E-state index contributed by atoms with van der Waals surface area (Å²) in [4.78, 5) is 11.4. The Kier molecular flexibility index (Phi) is 5.60. The molecule has 0 atom stereocenters. The van der Waals surface area contributed by atoms with E-state index in [0.29, 0.717) is 35.0 Å². The number of hydrogen-bond donors (Lipinski definition) is 2. The van der Waals surface area contributed by atoms with Crippen LogP contribution in [0.15, 0.2) is 18.2 Å². The van der Waals surface area contributed by atoms with Crippen molar-refractivity contribution in [1.29, 1.82) is 0 Å². The zero-order chi connectivity index (χ0) is 12.0. The van der Waals surface area contributed by atoms with Crippen molar-refractivity contribution in [3.05, 3.63) is 28.2 Å². The predicted octanol–water partition coefficient (Wildman–Crippen LogP) is 3.09. The summed E-state index contributed by atoms with van der Waals surface area (Å²) in [5.41, 5.74) is 0.628. The van der Waals surface area contributed by atoms with Gasteiger partial charge in [0.1, 0.15) is 0 Å². The molecular weight excluding hydrogens is 249 g/mol. The van der Waals surface area contributed by atoms with Crippen molar-refractivity contribution in [2.75, 3.05) is 11.9 Å². The van der Waals surface area contributed by atoms with Crippen LogP contribution in [0.25, 0.3) is 0 Å². The normalized spacial score (nSPS) is 10.2. The number of unbranched alkanes of at least 4 members (excludes halogenated alkanes) is 1. The van der Waals surface area contributed by atoms with E-state index < -0.39 is 0 Å². The largest absolute Gasteiger partial charge is 0.396 e. The molecule has 1 amide bonds. The molecule has 0 aliphatic carbocycles. The lowest BCUT2D eigenvalue weighted by molar-refractivity contribution is -0.116. The van der Waals surface area contributed by atoms with Gasteiger partial charge >= 0.3 is 0 Å². The van der Waals surface area contributed by atoms with Crippen molar-refractivity contribution in [3.63, 3.8) is 0 Å². The molecule has 1 aromatic carbocycles. The minimum atomic E-state index is -0.0909. The van der Waals surface area contributed by atoms with Crippen LogP contribution in [0.3, 0.4) is 0 Å². The molecule has 88 valence electrons. The number of halogens is 2. The number of nitrogens with one attached hydrogen (secondary N) is 1. The fraction of sp³-hybridized carbons (Fsp3) is 0.364. The van der Waals surface area contributed by atoms with Crippen molar-refractivity contribution in [2.45, 2.75) is 19.3 Å². The van der Waals surface area contributed by atoms with E-state index in [1.54, 1.807) is 18.2 Å². The molecule has 0 spiro atoms. The SMILES string of the molecule is O=C(CCCCO)Nc1ccc(Cl)c(Cl)c1. The van der Waals surface area contributed by atoms with Gasteiger partial charge in [0.2, 0.25) is 5.91 Å². The highest BCUT2D eigenvalue weighted by Gasteiger charge is 2.04. The molecule has 0 heterocycles. The van der Waals surface area contributed by atoms with Gasteiger partial charge in [0.15, 0.2) is 0 Å². The van der Waals surface area contributed by atoms with Gasteiger partial charge in [0, 0.05) is 18.7 Å². The second-order valence-corrected chi connectivity index (χ2v) is 4.17. The lowest BCUT2D eigenvalue weighted by atomic mass is 10.2. The van der Waals surface area contributed by atoms with E-state index in [2.05, 4.69) is 5.32 Å². The molecule has 0 aliphatic heterocycles. The van der Waals surface area contributed by atoms with Gasteiger partial charge in [-0.15, -0.1) is 0 Å². The summed E-state index contributed by atoms with van der Waals surface area (Å²) in [6.45, 7) is 0.111. The summed E-state index contributed by atoms with van der Waals surface area (Å²) < 4.78 is 0. The number of carbonyl (C=O) groups is 1. The molecule has 2 N–H and O–H groups in total. The third-order valence-electron chi connectivity index (χ3n) is 2.02. The Balaban J connectivity index is 2.46. The van der Waals surface area contributed by atoms with E-state index in [4.69, 9.17) is 28.3 Å². The van der Waals surface area contributed by atoms with Gasteiger partial charge in [-0.05, 0) is 31.0 Å². The van der Waals surface area contributed by atoms with Crippen LogP contribution in [0.5, 0.6) is 0 Å². The van der Waals surface area contributed by atoms with Crippen molar-refractivity contribution >= 4 is 34.8 Å². The minimum absolute atomic E-state index is 0.0909. The first kappa shape index (κ1) is 13.3. The summed E-state index contributed by atoms with van der Waals surface area (Å²) in [5, 5.41) is 12.1. The van der Waals surface area contributed by atoms with Gasteiger partial charge in [-0.25, -0.2) is 0 Å². The molecular formula is C11H13Cl2NO2. The number of aliphatic hydroxyl groups is 1. The van der Waals surface area contributed by atoms with E-state index in [1.807, 2.05) is 0 Å². The van der Waals surface area contributed by atoms with Gasteiger partial charge in [-0.2, -0.15) is 0 Å². The molecule has 0 saturated carbocycles. The smallest absolute Gasteiger partial charge is 0.224 e. The molecule has 16 heavy (non-hydrogen) atoms. The molecule has 0 bridgehead atoms. The van der Waals surface area contributed by atoms with E-state index in [0.717, 1.165) is 0 Å². The average molecular weight is 262 g/mol. The Morgan fingerprint density at radius 1 is 1.25 bits per heavy atom. The van der Waals surface area contributed by atoms with Gasteiger partial charge in [-0.1, -0.05) is 23.2 Å². The zero-order valence-corrected chi connectivity index (χ0v) is 10.2. The summed E-state index contributed by atoms with van der Waals surface area (Å²) in [7, 11) is 0. The molecule has 1 rings (SSSR count). The number of hydrogen-bond acceptors (Lipinski definition) is 2. The Hall–Kier alpha value is -0.770. The third-order valence-corrected chi connectivity index (χ3v) is 2.75. The second-order valence-electron chi connectivity index (χ2n) is 3.36. The molecule has 1 aromatic rings. The van der Waals surface area contributed by atoms with Crippen molar-refractivity contribution in [3.8, 4) is 0 Å². The van der Waals surface area contributed by atoms with Crippen LogP contribution in [0.4, 0.5) is 5.69 Å². The summed E-state index contributed by atoms with van der Waals surface area (Å²) >= 11 is 11.6. The van der Waals surface area contributed by atoms with Crippen LogP contribution in [0, 0.1) is 0 Å². The van der Waals surface area contributed by atoms with Crippen LogP contribution in [-0.4, -0.2) is 17.6 Å². The Labute approximate surface area is 104 Å². The second kappa shape index (κ2) is 6.74. The summed E-state index contributed by atoms with van der Waals surface area (Å²) in [6, 6.07) is 4.93. The van der Waals surface area contributed by atoms with Crippen LogP contribution < -0.4 is 5.32 Å². The van der Waals surface area contributed by atoms with E-state index in [-0.39, 0.29) is 12.5 Å². The predicted molar refractivity (Wildman–Crippen MR) is 66.0 cm³/mol. The van der Waals surface area contributed by atoms with Crippen LogP contribution in [-0.2, 0) is 4.79 Å². The van der Waals surface area contributed by atoms with Gasteiger partial charge in [0.05, 0.1) is 10.0 Å². The molecule has 0 aromatic heterocycles. The highest BCUT2D eigenvalue weighted by atomic mass is 35.5. The number of rotatable bonds is 5. The Bertz CT molecular complexity index is 369. The molecule has 0 fully saturated rings. The van der Waals surface area contributed by atoms with Crippen molar-refractivity contribution in [2.24, 2.45) is 0 Å². The standard InChI is InChI=1S/C11H13Cl2NO2/c12-9-5-4-8(7-10(9)13)14-11(16)3-1-2-6-15/h4-5,7,15H,1-3,6H2,(H,14,16). The Morgan fingerprint density at radius 3 is 2.62 bits per heavy atom. The maximum absolute atomic E-state index is 11.4. The fourth-order valence-corrected chi connectivity index (χ4v) is 1.49. The Morgan fingerprint density at radius 2 is 2.00 bits per heavy atom. The van der Waals surface area contributed by atoms with Crippen LogP contribution in [0.2, 0.25) is 10.0 Å². The average Bonchev–Trinajstić information content (AvgIpc) is 2.24. The fourth-order valence-electron chi connectivity index (χ4n) is 1.19. The zero-order valence-electron chi connectivity index (χ0n) is 8.67. The molecule has 0 unspecified atom stereocenters. The lowest BCUT2D eigenvalue weighted by Crippen LogP contribution is -2.11. The monoisotopic (exact) mass is 261 g/mol. The van der Waals surface area contributed by atoms with E-state index in [9.17, 15) is 4.79 Å². The van der Waals surface area contributed by atoms with Crippen LogP contribution in [0.1, 0.15) is 19.3 Å². The van der Waals surface area contributed by atoms with Crippen molar-refractivity contribution in [1.82, 2.24) is 0 Å². The number of carbonyl (C=O) groups excluding carboxylic acids is 1. The minimum Gasteiger partial charge on any atom is -0.396 e. The molecule has 3 nitrogen and oxygen atoms in total. The topological polar surface area (TPSA) is 49.3 Å².